The second-order valence-electron chi connectivity index (χ2n) is 4.16. The predicted octanol–water partition coefficient (Wildman–Crippen LogP) is 1.06. The average Bonchev–Trinajstić information content (AvgIpc) is 2.73. The normalized spacial score (nSPS) is 10.9. The molecule has 0 aromatic carbocycles. The molecule has 0 amide bonds. The topological polar surface area (TPSA) is 70.8 Å². The Labute approximate surface area is 101 Å². The molecule has 0 aliphatic carbocycles. The standard InChI is InChI=1S/C12H17N5/c1-17(9-11-8-12(13)16-15-11)7-4-10-2-5-14-6-3-10/h2-3,5-6,8H,4,7,9H2,1H3,(H3,13,15,16). The molecule has 0 bridgehead atoms. The summed E-state index contributed by atoms with van der Waals surface area (Å²) >= 11 is 0. The van der Waals surface area contributed by atoms with Crippen molar-refractivity contribution in [3.8, 4) is 0 Å². The average molecular weight is 231 g/mol. The number of H-pyrrole nitrogens is 1. The van der Waals surface area contributed by atoms with Crippen LogP contribution in [0.1, 0.15) is 11.3 Å². The number of nitrogen functional groups attached to an aromatic ring is 1. The van der Waals surface area contributed by atoms with Gasteiger partial charge in [-0.1, -0.05) is 0 Å². The zero-order chi connectivity index (χ0) is 12.1. The highest BCUT2D eigenvalue weighted by atomic mass is 15.2. The van der Waals surface area contributed by atoms with Crippen LogP contribution in [-0.4, -0.2) is 33.7 Å². The third-order valence-corrected chi connectivity index (χ3v) is 2.62. The van der Waals surface area contributed by atoms with E-state index >= 15 is 0 Å². The number of rotatable bonds is 5. The maximum Gasteiger partial charge on any atom is 0.145 e. The van der Waals surface area contributed by atoms with Crippen LogP contribution >= 0.6 is 0 Å². The van der Waals surface area contributed by atoms with Gasteiger partial charge < -0.3 is 10.6 Å². The monoisotopic (exact) mass is 231 g/mol. The van der Waals surface area contributed by atoms with E-state index in [1.54, 1.807) is 0 Å². The highest BCUT2D eigenvalue weighted by Gasteiger charge is 2.03. The van der Waals surface area contributed by atoms with Crippen LogP contribution < -0.4 is 5.73 Å². The van der Waals surface area contributed by atoms with E-state index in [1.165, 1.54) is 5.56 Å². The van der Waals surface area contributed by atoms with Gasteiger partial charge in [0.2, 0.25) is 0 Å². The zero-order valence-corrected chi connectivity index (χ0v) is 9.93. The van der Waals surface area contributed by atoms with E-state index in [-0.39, 0.29) is 0 Å². The highest BCUT2D eigenvalue weighted by Crippen LogP contribution is 2.05. The number of pyridine rings is 1. The number of likely N-dealkylation sites (N-methyl/N-ethyl adjacent to an activating group) is 1. The van der Waals surface area contributed by atoms with E-state index < -0.39 is 0 Å². The Bertz CT molecular complexity index is 451. The number of aromatic nitrogens is 3. The van der Waals surface area contributed by atoms with Crippen molar-refractivity contribution in [1.82, 2.24) is 20.1 Å². The van der Waals surface area contributed by atoms with Gasteiger partial charge in [0, 0.05) is 31.5 Å². The van der Waals surface area contributed by atoms with Gasteiger partial charge in [-0.3, -0.25) is 10.1 Å². The molecule has 0 saturated carbocycles. The van der Waals surface area contributed by atoms with Gasteiger partial charge in [-0.2, -0.15) is 5.10 Å². The molecular weight excluding hydrogens is 214 g/mol. The summed E-state index contributed by atoms with van der Waals surface area (Å²) in [6, 6.07) is 5.95. The summed E-state index contributed by atoms with van der Waals surface area (Å²) in [6.07, 6.45) is 4.67. The van der Waals surface area contributed by atoms with Crippen molar-refractivity contribution >= 4 is 5.82 Å². The van der Waals surface area contributed by atoms with Gasteiger partial charge in [-0.25, -0.2) is 0 Å². The van der Waals surface area contributed by atoms with Crippen molar-refractivity contribution < 1.29 is 0 Å². The molecule has 0 fully saturated rings. The summed E-state index contributed by atoms with van der Waals surface area (Å²) < 4.78 is 0. The second kappa shape index (κ2) is 5.45. The lowest BCUT2D eigenvalue weighted by atomic mass is 10.2. The lowest BCUT2D eigenvalue weighted by Gasteiger charge is -2.15. The summed E-state index contributed by atoms with van der Waals surface area (Å²) in [6.45, 7) is 1.82. The molecule has 0 radical (unpaired) electrons. The van der Waals surface area contributed by atoms with Crippen LogP contribution in [0.2, 0.25) is 0 Å². The summed E-state index contributed by atoms with van der Waals surface area (Å²) in [5.41, 5.74) is 7.89. The van der Waals surface area contributed by atoms with Gasteiger partial charge in [-0.05, 0) is 31.2 Å². The van der Waals surface area contributed by atoms with Gasteiger partial charge in [0.05, 0.1) is 5.69 Å². The van der Waals surface area contributed by atoms with Crippen molar-refractivity contribution in [3.05, 3.63) is 41.9 Å². The van der Waals surface area contributed by atoms with Crippen LogP contribution in [0.15, 0.2) is 30.6 Å². The number of nitrogens with one attached hydrogen (secondary N) is 1. The Kier molecular flexibility index (Phi) is 3.72. The summed E-state index contributed by atoms with van der Waals surface area (Å²) in [5.74, 6) is 0.544. The number of nitrogens with two attached hydrogens (primary N) is 1. The Morgan fingerprint density at radius 2 is 2.12 bits per heavy atom. The molecular formula is C12H17N5. The summed E-state index contributed by atoms with van der Waals surface area (Å²) in [7, 11) is 2.08. The smallest absolute Gasteiger partial charge is 0.145 e. The van der Waals surface area contributed by atoms with Gasteiger partial charge in [0.25, 0.3) is 0 Å². The summed E-state index contributed by atoms with van der Waals surface area (Å²) in [4.78, 5) is 6.23. The van der Waals surface area contributed by atoms with E-state index in [4.69, 9.17) is 5.73 Å². The summed E-state index contributed by atoms with van der Waals surface area (Å²) in [5, 5.41) is 6.81. The quantitative estimate of drug-likeness (QED) is 0.807. The van der Waals surface area contributed by atoms with E-state index in [0.29, 0.717) is 5.82 Å². The zero-order valence-electron chi connectivity index (χ0n) is 9.93. The molecule has 5 heteroatoms. The minimum atomic E-state index is 0.544. The first-order valence-electron chi connectivity index (χ1n) is 5.61. The molecule has 0 aliphatic rings. The third kappa shape index (κ3) is 3.57. The molecule has 0 unspecified atom stereocenters. The highest BCUT2D eigenvalue weighted by molar-refractivity contribution is 5.28. The molecule has 17 heavy (non-hydrogen) atoms. The first-order valence-corrected chi connectivity index (χ1v) is 5.61. The van der Waals surface area contributed by atoms with Crippen molar-refractivity contribution in [2.24, 2.45) is 0 Å². The first-order chi connectivity index (χ1) is 8.24. The van der Waals surface area contributed by atoms with Crippen LogP contribution in [0, 0.1) is 0 Å². The molecule has 2 heterocycles. The maximum atomic E-state index is 5.55. The lowest BCUT2D eigenvalue weighted by molar-refractivity contribution is 0.327. The fourth-order valence-electron chi connectivity index (χ4n) is 1.70. The SMILES string of the molecule is CN(CCc1ccncc1)Cc1cc(N)n[nH]1. The van der Waals surface area contributed by atoms with Crippen molar-refractivity contribution in [3.63, 3.8) is 0 Å². The number of anilines is 1. The molecule has 5 nitrogen and oxygen atoms in total. The van der Waals surface area contributed by atoms with Crippen LogP contribution in [0.3, 0.4) is 0 Å². The van der Waals surface area contributed by atoms with Crippen LogP contribution in [0.4, 0.5) is 5.82 Å². The fraction of sp³-hybridized carbons (Fsp3) is 0.333. The van der Waals surface area contributed by atoms with Crippen molar-refractivity contribution in [2.75, 3.05) is 19.3 Å². The minimum Gasteiger partial charge on any atom is -0.382 e. The molecule has 2 aromatic heterocycles. The molecule has 0 atom stereocenters. The Hall–Kier alpha value is -1.88. The number of aromatic amines is 1. The molecule has 3 N–H and O–H groups in total. The van der Waals surface area contributed by atoms with Gasteiger partial charge in [0.1, 0.15) is 5.82 Å². The first kappa shape index (κ1) is 11.6. The second-order valence-corrected chi connectivity index (χ2v) is 4.16. The minimum absolute atomic E-state index is 0.544. The van der Waals surface area contributed by atoms with Crippen LogP contribution in [0.25, 0.3) is 0 Å². The predicted molar refractivity (Wildman–Crippen MR) is 67.3 cm³/mol. The molecule has 0 spiro atoms. The van der Waals surface area contributed by atoms with E-state index in [1.807, 2.05) is 30.6 Å². The molecule has 2 aromatic rings. The molecule has 0 saturated heterocycles. The van der Waals surface area contributed by atoms with E-state index in [2.05, 4.69) is 27.1 Å². The van der Waals surface area contributed by atoms with Gasteiger partial charge >= 0.3 is 0 Å². The third-order valence-electron chi connectivity index (χ3n) is 2.62. The van der Waals surface area contributed by atoms with Crippen LogP contribution in [-0.2, 0) is 13.0 Å². The number of hydrogen-bond donors (Lipinski definition) is 2. The number of hydrogen-bond acceptors (Lipinski definition) is 4. The van der Waals surface area contributed by atoms with E-state index in [0.717, 1.165) is 25.2 Å². The molecule has 2 rings (SSSR count). The van der Waals surface area contributed by atoms with Crippen LogP contribution in [0.5, 0.6) is 0 Å². The maximum absolute atomic E-state index is 5.55. The van der Waals surface area contributed by atoms with Crippen molar-refractivity contribution in [1.29, 1.82) is 0 Å². The molecule has 90 valence electrons. The largest absolute Gasteiger partial charge is 0.382 e. The Morgan fingerprint density at radius 1 is 1.35 bits per heavy atom. The molecule has 0 aliphatic heterocycles. The fourth-order valence-corrected chi connectivity index (χ4v) is 1.70. The van der Waals surface area contributed by atoms with E-state index in [9.17, 15) is 0 Å². The Morgan fingerprint density at radius 3 is 2.76 bits per heavy atom. The Balaban J connectivity index is 1.80. The van der Waals surface area contributed by atoms with Gasteiger partial charge in [-0.15, -0.1) is 0 Å². The number of nitrogens with zero attached hydrogens (tertiary/aromatic N) is 3. The van der Waals surface area contributed by atoms with Gasteiger partial charge in [0.15, 0.2) is 0 Å². The van der Waals surface area contributed by atoms with Crippen molar-refractivity contribution in [2.45, 2.75) is 13.0 Å². The lowest BCUT2D eigenvalue weighted by Crippen LogP contribution is -2.20.